The molecule has 0 spiro atoms. The molecule has 1 aromatic rings. The summed E-state index contributed by atoms with van der Waals surface area (Å²) in [6, 6.07) is 2.11. The maximum Gasteiger partial charge on any atom is 0.222 e. The quantitative estimate of drug-likeness (QED) is 0.818. The van der Waals surface area contributed by atoms with Crippen LogP contribution in [-0.4, -0.2) is 58.2 Å². The maximum atomic E-state index is 11.8. The van der Waals surface area contributed by atoms with Crippen molar-refractivity contribution in [3.63, 3.8) is 0 Å². The van der Waals surface area contributed by atoms with Gasteiger partial charge >= 0.3 is 0 Å². The van der Waals surface area contributed by atoms with Crippen molar-refractivity contribution in [1.29, 1.82) is 0 Å². The van der Waals surface area contributed by atoms with Crippen molar-refractivity contribution in [2.45, 2.75) is 40.2 Å². The Morgan fingerprint density at radius 2 is 1.90 bits per heavy atom. The Morgan fingerprint density at radius 3 is 2.45 bits per heavy atom. The van der Waals surface area contributed by atoms with Crippen LogP contribution < -0.4 is 0 Å². The van der Waals surface area contributed by atoms with E-state index in [0.717, 1.165) is 51.4 Å². The van der Waals surface area contributed by atoms with Gasteiger partial charge in [0.05, 0.1) is 12.2 Å². The van der Waals surface area contributed by atoms with Gasteiger partial charge in [-0.05, 0) is 26.3 Å². The van der Waals surface area contributed by atoms with Crippen molar-refractivity contribution < 1.29 is 4.79 Å². The van der Waals surface area contributed by atoms with E-state index in [0.29, 0.717) is 12.3 Å². The zero-order valence-corrected chi connectivity index (χ0v) is 12.9. The average Bonchev–Trinajstić information content (AvgIpc) is 2.75. The molecule has 1 aliphatic heterocycles. The summed E-state index contributed by atoms with van der Waals surface area (Å²) in [7, 11) is 0. The molecule has 0 unspecified atom stereocenters. The molecule has 2 heterocycles. The largest absolute Gasteiger partial charge is 0.340 e. The molecule has 0 atom stereocenters. The summed E-state index contributed by atoms with van der Waals surface area (Å²) < 4.78 is 2.07. The highest BCUT2D eigenvalue weighted by Gasteiger charge is 2.20. The Kier molecular flexibility index (Phi) is 5.17. The van der Waals surface area contributed by atoms with Crippen LogP contribution in [0, 0.1) is 13.8 Å². The van der Waals surface area contributed by atoms with Gasteiger partial charge < -0.3 is 4.90 Å². The van der Waals surface area contributed by atoms with Crippen molar-refractivity contribution >= 4 is 5.91 Å². The van der Waals surface area contributed by atoms with Gasteiger partial charge in [-0.1, -0.05) is 6.92 Å². The maximum absolute atomic E-state index is 11.8. The van der Waals surface area contributed by atoms with Crippen molar-refractivity contribution in [3.8, 4) is 0 Å². The van der Waals surface area contributed by atoms with Crippen molar-refractivity contribution in [3.05, 3.63) is 17.5 Å². The Morgan fingerprint density at radius 1 is 1.20 bits per heavy atom. The smallest absolute Gasteiger partial charge is 0.222 e. The van der Waals surface area contributed by atoms with Gasteiger partial charge in [-0.15, -0.1) is 0 Å². The minimum Gasteiger partial charge on any atom is -0.340 e. The molecule has 1 amide bonds. The second kappa shape index (κ2) is 6.88. The summed E-state index contributed by atoms with van der Waals surface area (Å²) in [6.45, 7) is 11.8. The summed E-state index contributed by atoms with van der Waals surface area (Å²) in [5.41, 5.74) is 2.30. The molecule has 5 heteroatoms. The normalized spacial score (nSPS) is 16.6. The number of amides is 1. The van der Waals surface area contributed by atoms with E-state index in [-0.39, 0.29) is 0 Å². The fraction of sp³-hybridized carbons (Fsp3) is 0.733. The minimum atomic E-state index is 0.311. The third-order valence-electron chi connectivity index (χ3n) is 3.92. The zero-order valence-electron chi connectivity index (χ0n) is 12.9. The molecule has 0 aromatic carbocycles. The van der Waals surface area contributed by atoms with E-state index < -0.39 is 0 Å². The van der Waals surface area contributed by atoms with E-state index in [1.54, 1.807) is 0 Å². The molecule has 2 rings (SSSR count). The number of carbonyl (C=O) groups excluding carboxylic acids is 1. The highest BCUT2D eigenvalue weighted by atomic mass is 16.2. The SMILES string of the molecule is CCCC(=O)N1CCN(CCn2nc(C)cc2C)CC1. The predicted octanol–water partition coefficient (Wildman–Crippen LogP) is 1.44. The van der Waals surface area contributed by atoms with Crippen LogP contribution in [0.3, 0.4) is 0 Å². The molecule has 0 radical (unpaired) electrons. The average molecular weight is 278 g/mol. The second-order valence-electron chi connectivity index (χ2n) is 5.62. The van der Waals surface area contributed by atoms with Crippen molar-refractivity contribution in [2.24, 2.45) is 0 Å². The summed E-state index contributed by atoms with van der Waals surface area (Å²) in [4.78, 5) is 16.3. The number of hydrogen-bond donors (Lipinski definition) is 0. The van der Waals surface area contributed by atoms with E-state index in [1.807, 2.05) is 11.8 Å². The molecule has 1 saturated heterocycles. The van der Waals surface area contributed by atoms with Crippen LogP contribution in [0.5, 0.6) is 0 Å². The second-order valence-corrected chi connectivity index (χ2v) is 5.62. The lowest BCUT2D eigenvalue weighted by atomic mass is 10.2. The van der Waals surface area contributed by atoms with Gasteiger partial charge in [0.2, 0.25) is 5.91 Å². The molecular formula is C15H26N4O. The number of hydrogen-bond acceptors (Lipinski definition) is 3. The van der Waals surface area contributed by atoms with Crippen molar-refractivity contribution in [2.75, 3.05) is 32.7 Å². The van der Waals surface area contributed by atoms with Crippen LogP contribution >= 0.6 is 0 Å². The predicted molar refractivity (Wildman–Crippen MR) is 79.6 cm³/mol. The number of aryl methyl sites for hydroxylation is 2. The lowest BCUT2D eigenvalue weighted by Crippen LogP contribution is -2.49. The van der Waals surface area contributed by atoms with Crippen LogP contribution in [0.15, 0.2) is 6.07 Å². The molecule has 5 nitrogen and oxygen atoms in total. The van der Waals surface area contributed by atoms with Gasteiger partial charge in [-0.2, -0.15) is 5.10 Å². The van der Waals surface area contributed by atoms with Crippen LogP contribution in [0.25, 0.3) is 0 Å². The van der Waals surface area contributed by atoms with E-state index in [4.69, 9.17) is 0 Å². The lowest BCUT2D eigenvalue weighted by Gasteiger charge is -2.34. The highest BCUT2D eigenvalue weighted by molar-refractivity contribution is 5.76. The fourth-order valence-electron chi connectivity index (χ4n) is 2.73. The first-order valence-electron chi connectivity index (χ1n) is 7.61. The molecule has 0 aliphatic carbocycles. The van der Waals surface area contributed by atoms with E-state index in [1.165, 1.54) is 5.69 Å². The number of carbonyl (C=O) groups is 1. The summed E-state index contributed by atoms with van der Waals surface area (Å²) in [6.07, 6.45) is 1.63. The first-order chi connectivity index (χ1) is 9.60. The summed E-state index contributed by atoms with van der Waals surface area (Å²) >= 11 is 0. The van der Waals surface area contributed by atoms with E-state index >= 15 is 0 Å². The Balaban J connectivity index is 1.74. The zero-order chi connectivity index (χ0) is 14.5. The molecule has 0 N–H and O–H groups in total. The lowest BCUT2D eigenvalue weighted by molar-refractivity contribution is -0.133. The first-order valence-corrected chi connectivity index (χ1v) is 7.61. The first kappa shape index (κ1) is 15.0. The van der Waals surface area contributed by atoms with Crippen molar-refractivity contribution in [1.82, 2.24) is 19.6 Å². The monoisotopic (exact) mass is 278 g/mol. The van der Waals surface area contributed by atoms with Crippen LogP contribution in [0.1, 0.15) is 31.2 Å². The molecule has 1 aromatic heterocycles. The topological polar surface area (TPSA) is 41.4 Å². The molecule has 112 valence electrons. The molecule has 20 heavy (non-hydrogen) atoms. The summed E-state index contributed by atoms with van der Waals surface area (Å²) in [5, 5.41) is 4.49. The van der Waals surface area contributed by atoms with Gasteiger partial charge in [0.25, 0.3) is 0 Å². The van der Waals surface area contributed by atoms with Crippen LogP contribution in [0.2, 0.25) is 0 Å². The molecular weight excluding hydrogens is 252 g/mol. The fourth-order valence-corrected chi connectivity index (χ4v) is 2.73. The number of piperazine rings is 1. The van der Waals surface area contributed by atoms with Gasteiger partial charge in [-0.25, -0.2) is 0 Å². The van der Waals surface area contributed by atoms with Gasteiger partial charge in [0.15, 0.2) is 0 Å². The number of nitrogens with zero attached hydrogens (tertiary/aromatic N) is 4. The molecule has 0 bridgehead atoms. The molecule has 1 fully saturated rings. The van der Waals surface area contributed by atoms with Crippen LogP contribution in [-0.2, 0) is 11.3 Å². The number of rotatable bonds is 5. The summed E-state index contributed by atoms with van der Waals surface area (Å²) in [5.74, 6) is 0.311. The van der Waals surface area contributed by atoms with Gasteiger partial charge in [0.1, 0.15) is 0 Å². The Hall–Kier alpha value is -1.36. The van der Waals surface area contributed by atoms with Gasteiger partial charge in [-0.3, -0.25) is 14.4 Å². The van der Waals surface area contributed by atoms with Gasteiger partial charge in [0, 0.05) is 44.8 Å². The molecule has 0 saturated carbocycles. The standard InChI is InChI=1S/C15H26N4O/c1-4-5-15(20)18-9-6-17(7-10-18)8-11-19-14(3)12-13(2)16-19/h12H,4-11H2,1-3H3. The number of aromatic nitrogens is 2. The molecule has 1 aliphatic rings. The third-order valence-corrected chi connectivity index (χ3v) is 3.92. The van der Waals surface area contributed by atoms with E-state index in [9.17, 15) is 4.79 Å². The van der Waals surface area contributed by atoms with Crippen LogP contribution in [0.4, 0.5) is 0 Å². The highest BCUT2D eigenvalue weighted by Crippen LogP contribution is 2.06. The Bertz CT molecular complexity index is 447. The van der Waals surface area contributed by atoms with E-state index in [2.05, 4.69) is 34.6 Å². The third kappa shape index (κ3) is 3.82. The Labute approximate surface area is 121 Å². The minimum absolute atomic E-state index is 0.311.